The maximum absolute atomic E-state index is 12.8. The van der Waals surface area contributed by atoms with Crippen LogP contribution in [-0.2, 0) is 20.1 Å². The van der Waals surface area contributed by atoms with Gasteiger partial charge in [0.25, 0.3) is 5.56 Å². The van der Waals surface area contributed by atoms with Crippen molar-refractivity contribution in [1.29, 1.82) is 0 Å². The van der Waals surface area contributed by atoms with Crippen LogP contribution >= 0.6 is 27.3 Å². The Morgan fingerprint density at radius 3 is 2.54 bits per heavy atom. The van der Waals surface area contributed by atoms with Crippen LogP contribution in [-0.4, -0.2) is 23.7 Å². The minimum Gasteiger partial charge on any atom is -0.319 e. The fraction of sp³-hybridized carbons (Fsp3) is 0.294. The molecule has 7 nitrogen and oxygen atoms in total. The summed E-state index contributed by atoms with van der Waals surface area (Å²) in [6, 6.07) is 5.88. The molecule has 0 aliphatic carbocycles. The van der Waals surface area contributed by atoms with Gasteiger partial charge in [0.05, 0.1) is 10.2 Å². The topological polar surface area (TPSA) is 74.7 Å². The molecular weight excluding hydrogens is 418 g/mol. The van der Waals surface area contributed by atoms with Crippen LogP contribution in [0.15, 0.2) is 32.3 Å². The molecule has 4 rings (SSSR count). The highest BCUT2D eigenvalue weighted by atomic mass is 79.9. The van der Waals surface area contributed by atoms with E-state index in [0.717, 1.165) is 14.7 Å². The Balaban J connectivity index is 2.08. The molecule has 3 heterocycles. The lowest BCUT2D eigenvalue weighted by Crippen LogP contribution is -2.39. The van der Waals surface area contributed by atoms with Gasteiger partial charge >= 0.3 is 5.69 Å². The number of rotatable bonds is 3. The Kier molecular flexibility index (Phi) is 4.07. The number of aryl methyl sites for hydroxylation is 2. The molecule has 0 amide bonds. The molecule has 26 heavy (non-hydrogen) atoms. The lowest BCUT2D eigenvalue weighted by Gasteiger charge is -2.08. The summed E-state index contributed by atoms with van der Waals surface area (Å²) in [5.41, 5.74) is 1.06. The summed E-state index contributed by atoms with van der Waals surface area (Å²) in [6.45, 7) is 4.42. The van der Waals surface area contributed by atoms with Crippen LogP contribution in [0, 0.1) is 0 Å². The van der Waals surface area contributed by atoms with Gasteiger partial charge in [0, 0.05) is 24.6 Å². The molecule has 3 aromatic heterocycles. The molecule has 0 saturated heterocycles. The average molecular weight is 434 g/mol. The lowest BCUT2D eigenvalue weighted by molar-refractivity contribution is 0.604. The zero-order valence-corrected chi connectivity index (χ0v) is 16.9. The van der Waals surface area contributed by atoms with Crippen LogP contribution in [0.3, 0.4) is 0 Å². The molecule has 0 atom stereocenters. The summed E-state index contributed by atoms with van der Waals surface area (Å²) in [4.78, 5) is 34.6. The van der Waals surface area contributed by atoms with Gasteiger partial charge in [-0.2, -0.15) is 0 Å². The number of benzene rings is 1. The molecule has 134 valence electrons. The van der Waals surface area contributed by atoms with Gasteiger partial charge in [-0.1, -0.05) is 15.9 Å². The number of hydrogen-bond donors (Lipinski definition) is 0. The van der Waals surface area contributed by atoms with E-state index in [1.165, 1.54) is 20.5 Å². The first kappa shape index (κ1) is 17.2. The van der Waals surface area contributed by atoms with Gasteiger partial charge in [0.2, 0.25) is 0 Å². The smallest absolute Gasteiger partial charge is 0.319 e. The third-order valence-electron chi connectivity index (χ3n) is 4.42. The Hall–Kier alpha value is -2.26. The van der Waals surface area contributed by atoms with Gasteiger partial charge in [0.15, 0.2) is 22.0 Å². The van der Waals surface area contributed by atoms with Crippen LogP contribution in [0.1, 0.15) is 13.8 Å². The molecule has 0 fully saturated rings. The predicted octanol–water partition coefficient (Wildman–Crippen LogP) is 2.98. The summed E-state index contributed by atoms with van der Waals surface area (Å²) in [7, 11) is 1.79. The predicted molar refractivity (Wildman–Crippen MR) is 107 cm³/mol. The number of halogens is 1. The third kappa shape index (κ3) is 2.38. The second kappa shape index (κ2) is 6.17. The SMILES string of the molecule is CCn1c(=O)c2c(nc(-c3nc4ccc(Br)cc4s3)n2C)n(CC)c1=O. The van der Waals surface area contributed by atoms with E-state index in [1.54, 1.807) is 18.5 Å². The average Bonchev–Trinajstić information content (AvgIpc) is 3.16. The molecule has 4 aromatic rings. The number of hydrogen-bond acceptors (Lipinski definition) is 5. The number of fused-ring (bicyclic) bond motifs is 2. The summed E-state index contributed by atoms with van der Waals surface area (Å²) in [5, 5.41) is 0.717. The Bertz CT molecular complexity index is 1280. The molecule has 0 aliphatic heterocycles. The monoisotopic (exact) mass is 433 g/mol. The summed E-state index contributed by atoms with van der Waals surface area (Å²) in [6.07, 6.45) is 0. The molecule has 0 spiro atoms. The second-order valence-corrected chi connectivity index (χ2v) is 7.82. The number of thiazole rings is 1. The van der Waals surface area contributed by atoms with E-state index in [4.69, 9.17) is 0 Å². The van der Waals surface area contributed by atoms with Crippen molar-refractivity contribution in [3.63, 3.8) is 0 Å². The van der Waals surface area contributed by atoms with Crippen LogP contribution in [0.4, 0.5) is 0 Å². The van der Waals surface area contributed by atoms with Crippen molar-refractivity contribution >= 4 is 48.6 Å². The molecule has 1 aromatic carbocycles. The van der Waals surface area contributed by atoms with Gasteiger partial charge < -0.3 is 4.57 Å². The molecule has 0 bridgehead atoms. The molecule has 0 radical (unpaired) electrons. The van der Waals surface area contributed by atoms with E-state index in [-0.39, 0.29) is 11.2 Å². The largest absolute Gasteiger partial charge is 0.332 e. The molecule has 0 unspecified atom stereocenters. The highest BCUT2D eigenvalue weighted by Crippen LogP contribution is 2.32. The summed E-state index contributed by atoms with van der Waals surface area (Å²) in [5.74, 6) is 0.588. The van der Waals surface area contributed by atoms with Crippen LogP contribution in [0.5, 0.6) is 0 Å². The zero-order chi connectivity index (χ0) is 18.6. The van der Waals surface area contributed by atoms with Crippen LogP contribution < -0.4 is 11.2 Å². The fourth-order valence-electron chi connectivity index (χ4n) is 3.11. The normalized spacial score (nSPS) is 11.7. The maximum atomic E-state index is 12.8. The molecule has 0 N–H and O–H groups in total. The van der Waals surface area contributed by atoms with E-state index in [2.05, 4.69) is 25.9 Å². The van der Waals surface area contributed by atoms with Crippen molar-refractivity contribution in [3.8, 4) is 10.8 Å². The summed E-state index contributed by atoms with van der Waals surface area (Å²) >= 11 is 4.98. The first-order valence-corrected chi connectivity index (χ1v) is 9.83. The first-order valence-electron chi connectivity index (χ1n) is 8.22. The van der Waals surface area contributed by atoms with E-state index >= 15 is 0 Å². The maximum Gasteiger partial charge on any atom is 0.332 e. The number of aromatic nitrogens is 5. The highest BCUT2D eigenvalue weighted by Gasteiger charge is 2.21. The number of nitrogens with zero attached hydrogens (tertiary/aromatic N) is 5. The fourth-order valence-corrected chi connectivity index (χ4v) is 4.65. The van der Waals surface area contributed by atoms with Crippen molar-refractivity contribution in [2.24, 2.45) is 7.05 Å². The Morgan fingerprint density at radius 2 is 1.85 bits per heavy atom. The third-order valence-corrected chi connectivity index (χ3v) is 5.92. The second-order valence-electron chi connectivity index (χ2n) is 5.87. The van der Waals surface area contributed by atoms with Crippen molar-refractivity contribution in [2.45, 2.75) is 26.9 Å². The van der Waals surface area contributed by atoms with Gasteiger partial charge in [-0.25, -0.2) is 14.8 Å². The molecule has 0 aliphatic rings. The highest BCUT2D eigenvalue weighted by molar-refractivity contribution is 9.10. The van der Waals surface area contributed by atoms with E-state index in [0.29, 0.717) is 35.1 Å². The zero-order valence-electron chi connectivity index (χ0n) is 14.5. The molecule has 9 heteroatoms. The minimum atomic E-state index is -0.328. The Labute approximate surface area is 160 Å². The molecule has 0 saturated carbocycles. The van der Waals surface area contributed by atoms with E-state index in [9.17, 15) is 9.59 Å². The quantitative estimate of drug-likeness (QED) is 0.497. The van der Waals surface area contributed by atoms with Crippen molar-refractivity contribution < 1.29 is 0 Å². The van der Waals surface area contributed by atoms with Gasteiger partial charge in [-0.15, -0.1) is 11.3 Å². The first-order chi connectivity index (χ1) is 12.5. The summed E-state index contributed by atoms with van der Waals surface area (Å²) < 4.78 is 6.53. The number of imidazole rings is 1. The lowest BCUT2D eigenvalue weighted by atomic mass is 10.3. The standard InChI is InChI=1S/C17H16BrN5O2S/c1-4-22-13-12(16(24)23(5-2)17(22)25)21(3)14(20-13)15-19-10-7-6-9(18)8-11(10)26-15/h6-8H,4-5H2,1-3H3. The van der Waals surface area contributed by atoms with Crippen LogP contribution in [0.25, 0.3) is 32.2 Å². The van der Waals surface area contributed by atoms with Gasteiger partial charge in [-0.05, 0) is 32.0 Å². The van der Waals surface area contributed by atoms with E-state index < -0.39 is 0 Å². The van der Waals surface area contributed by atoms with Crippen molar-refractivity contribution in [3.05, 3.63) is 43.5 Å². The van der Waals surface area contributed by atoms with E-state index in [1.807, 2.05) is 25.1 Å². The minimum absolute atomic E-state index is 0.317. The van der Waals surface area contributed by atoms with Crippen molar-refractivity contribution in [1.82, 2.24) is 23.7 Å². The molecular formula is C17H16BrN5O2S. The van der Waals surface area contributed by atoms with Gasteiger partial charge in [-0.3, -0.25) is 13.9 Å². The van der Waals surface area contributed by atoms with Gasteiger partial charge in [0.1, 0.15) is 0 Å². The Morgan fingerprint density at radius 1 is 1.12 bits per heavy atom. The van der Waals surface area contributed by atoms with Crippen molar-refractivity contribution in [2.75, 3.05) is 0 Å². The van der Waals surface area contributed by atoms with Crippen LogP contribution in [0.2, 0.25) is 0 Å².